The molecule has 1 aromatic carbocycles. The molecule has 5 nitrogen and oxygen atoms in total. The number of pyridine rings is 1. The summed E-state index contributed by atoms with van der Waals surface area (Å²) in [5.41, 5.74) is 3.90. The number of aromatic nitrogens is 1. The van der Waals surface area contributed by atoms with Crippen molar-refractivity contribution in [1.82, 2.24) is 9.88 Å². The van der Waals surface area contributed by atoms with E-state index in [2.05, 4.69) is 22.9 Å². The van der Waals surface area contributed by atoms with Gasteiger partial charge in [-0.1, -0.05) is 12.1 Å². The SMILES string of the molecule is CC(c1ccc([N+](=O)[O-])cc1)N1CCc2cnccc2C1. The lowest BCUT2D eigenvalue weighted by Crippen LogP contribution is -2.32. The molecule has 1 unspecified atom stereocenters. The summed E-state index contributed by atoms with van der Waals surface area (Å²) in [5.74, 6) is 0. The molecule has 2 heterocycles. The Kier molecular flexibility index (Phi) is 3.66. The van der Waals surface area contributed by atoms with Crippen molar-refractivity contribution in [3.05, 3.63) is 69.5 Å². The summed E-state index contributed by atoms with van der Waals surface area (Å²) < 4.78 is 0. The Morgan fingerprint density at radius 1 is 1.24 bits per heavy atom. The van der Waals surface area contributed by atoms with Crippen LogP contribution in [0.1, 0.15) is 29.7 Å². The van der Waals surface area contributed by atoms with E-state index in [0.29, 0.717) is 0 Å². The van der Waals surface area contributed by atoms with Crippen LogP contribution in [0.3, 0.4) is 0 Å². The minimum absolute atomic E-state index is 0.140. The zero-order valence-corrected chi connectivity index (χ0v) is 11.9. The third-order valence-corrected chi connectivity index (χ3v) is 4.18. The van der Waals surface area contributed by atoms with Crippen LogP contribution in [0.4, 0.5) is 5.69 Å². The van der Waals surface area contributed by atoms with Crippen molar-refractivity contribution in [3.63, 3.8) is 0 Å². The Morgan fingerprint density at radius 3 is 2.71 bits per heavy atom. The predicted octanol–water partition coefficient (Wildman–Crippen LogP) is 3.11. The molecular formula is C16H17N3O2. The molecule has 0 spiro atoms. The third-order valence-electron chi connectivity index (χ3n) is 4.18. The Hall–Kier alpha value is -2.27. The van der Waals surface area contributed by atoms with Gasteiger partial charge in [-0.2, -0.15) is 0 Å². The molecule has 0 saturated carbocycles. The molecule has 0 bridgehead atoms. The zero-order chi connectivity index (χ0) is 14.8. The summed E-state index contributed by atoms with van der Waals surface area (Å²) >= 11 is 0. The first-order valence-corrected chi connectivity index (χ1v) is 7.05. The quantitative estimate of drug-likeness (QED) is 0.641. The minimum atomic E-state index is -0.363. The number of non-ortho nitro benzene ring substituents is 1. The summed E-state index contributed by atoms with van der Waals surface area (Å²) in [4.78, 5) is 16.9. The fraction of sp³-hybridized carbons (Fsp3) is 0.312. The molecule has 0 N–H and O–H groups in total. The van der Waals surface area contributed by atoms with Gasteiger partial charge < -0.3 is 0 Å². The van der Waals surface area contributed by atoms with Crippen LogP contribution in [-0.4, -0.2) is 21.4 Å². The van der Waals surface area contributed by atoms with E-state index in [4.69, 9.17) is 0 Å². The standard InChI is InChI=1S/C16H17N3O2/c1-12(13-2-4-16(5-3-13)19(20)21)18-9-7-14-10-17-8-6-15(14)11-18/h2-6,8,10,12H,7,9,11H2,1H3. The first-order valence-electron chi connectivity index (χ1n) is 7.05. The van der Waals surface area contributed by atoms with Crippen LogP contribution in [0.15, 0.2) is 42.7 Å². The lowest BCUT2D eigenvalue weighted by atomic mass is 9.98. The number of nitrogens with zero attached hydrogens (tertiary/aromatic N) is 3. The number of fused-ring (bicyclic) bond motifs is 1. The van der Waals surface area contributed by atoms with Gasteiger partial charge in [-0.05, 0) is 36.1 Å². The van der Waals surface area contributed by atoms with Gasteiger partial charge in [0, 0.05) is 43.7 Å². The molecule has 0 fully saturated rings. The number of nitro groups is 1. The van der Waals surface area contributed by atoms with Crippen molar-refractivity contribution in [1.29, 1.82) is 0 Å². The van der Waals surface area contributed by atoms with Crippen LogP contribution in [-0.2, 0) is 13.0 Å². The maximum Gasteiger partial charge on any atom is 0.269 e. The summed E-state index contributed by atoms with van der Waals surface area (Å²) in [5, 5.41) is 10.7. The minimum Gasteiger partial charge on any atom is -0.292 e. The Labute approximate surface area is 123 Å². The summed E-state index contributed by atoms with van der Waals surface area (Å²) in [6, 6.07) is 9.17. The van der Waals surface area contributed by atoms with Crippen molar-refractivity contribution in [2.75, 3.05) is 6.54 Å². The van der Waals surface area contributed by atoms with Gasteiger partial charge in [0.25, 0.3) is 5.69 Å². The van der Waals surface area contributed by atoms with Crippen LogP contribution < -0.4 is 0 Å². The van der Waals surface area contributed by atoms with Crippen LogP contribution in [0.25, 0.3) is 0 Å². The molecule has 3 rings (SSSR count). The van der Waals surface area contributed by atoms with Gasteiger partial charge in [0.05, 0.1) is 4.92 Å². The topological polar surface area (TPSA) is 59.3 Å². The Balaban J connectivity index is 1.77. The predicted molar refractivity (Wildman–Crippen MR) is 79.9 cm³/mol. The molecule has 2 aromatic rings. The van der Waals surface area contributed by atoms with Crippen LogP contribution in [0.5, 0.6) is 0 Å². The van der Waals surface area contributed by atoms with Crippen molar-refractivity contribution in [2.45, 2.75) is 25.9 Å². The molecule has 0 aliphatic carbocycles. The molecular weight excluding hydrogens is 266 g/mol. The van der Waals surface area contributed by atoms with E-state index >= 15 is 0 Å². The monoisotopic (exact) mass is 283 g/mol. The molecule has 0 amide bonds. The van der Waals surface area contributed by atoms with Crippen LogP contribution in [0.2, 0.25) is 0 Å². The van der Waals surface area contributed by atoms with Gasteiger partial charge in [-0.25, -0.2) is 0 Å². The van der Waals surface area contributed by atoms with Crippen molar-refractivity contribution in [2.24, 2.45) is 0 Å². The smallest absolute Gasteiger partial charge is 0.269 e. The number of rotatable bonds is 3. The molecule has 1 aliphatic heterocycles. The maximum atomic E-state index is 10.7. The second-order valence-electron chi connectivity index (χ2n) is 5.39. The highest BCUT2D eigenvalue weighted by atomic mass is 16.6. The van der Waals surface area contributed by atoms with E-state index in [0.717, 1.165) is 25.1 Å². The molecule has 1 aliphatic rings. The van der Waals surface area contributed by atoms with E-state index in [1.54, 1.807) is 12.1 Å². The lowest BCUT2D eigenvalue weighted by molar-refractivity contribution is -0.384. The highest BCUT2D eigenvalue weighted by molar-refractivity contribution is 5.34. The normalized spacial score (nSPS) is 16.2. The fourth-order valence-electron chi connectivity index (χ4n) is 2.81. The molecule has 0 saturated heterocycles. The first-order chi connectivity index (χ1) is 10.1. The van der Waals surface area contributed by atoms with E-state index in [1.165, 1.54) is 11.1 Å². The summed E-state index contributed by atoms with van der Waals surface area (Å²) in [6.07, 6.45) is 4.78. The largest absolute Gasteiger partial charge is 0.292 e. The average Bonchev–Trinajstić information content (AvgIpc) is 2.54. The molecule has 5 heteroatoms. The van der Waals surface area contributed by atoms with E-state index in [9.17, 15) is 10.1 Å². The molecule has 1 aromatic heterocycles. The van der Waals surface area contributed by atoms with Crippen molar-refractivity contribution >= 4 is 5.69 Å². The zero-order valence-electron chi connectivity index (χ0n) is 11.9. The number of hydrogen-bond donors (Lipinski definition) is 0. The first kappa shape index (κ1) is 13.7. The second kappa shape index (κ2) is 5.61. The number of hydrogen-bond acceptors (Lipinski definition) is 4. The highest BCUT2D eigenvalue weighted by Crippen LogP contribution is 2.28. The number of benzene rings is 1. The van der Waals surface area contributed by atoms with E-state index in [-0.39, 0.29) is 16.7 Å². The maximum absolute atomic E-state index is 10.7. The summed E-state index contributed by atoms with van der Waals surface area (Å²) in [6.45, 7) is 4.03. The van der Waals surface area contributed by atoms with E-state index in [1.807, 2.05) is 24.5 Å². The fourth-order valence-corrected chi connectivity index (χ4v) is 2.81. The van der Waals surface area contributed by atoms with Gasteiger partial charge >= 0.3 is 0 Å². The van der Waals surface area contributed by atoms with Crippen LogP contribution in [0, 0.1) is 10.1 Å². The molecule has 1 atom stereocenters. The molecule has 108 valence electrons. The molecule has 0 radical (unpaired) electrons. The Bertz CT molecular complexity index is 655. The van der Waals surface area contributed by atoms with Gasteiger partial charge in [0.2, 0.25) is 0 Å². The lowest BCUT2D eigenvalue weighted by Gasteiger charge is -2.33. The highest BCUT2D eigenvalue weighted by Gasteiger charge is 2.22. The van der Waals surface area contributed by atoms with Gasteiger partial charge in [-0.15, -0.1) is 0 Å². The van der Waals surface area contributed by atoms with Gasteiger partial charge in [-0.3, -0.25) is 20.0 Å². The van der Waals surface area contributed by atoms with Gasteiger partial charge in [0.15, 0.2) is 0 Å². The van der Waals surface area contributed by atoms with Crippen molar-refractivity contribution in [3.8, 4) is 0 Å². The van der Waals surface area contributed by atoms with Gasteiger partial charge in [0.1, 0.15) is 0 Å². The van der Waals surface area contributed by atoms with Crippen LogP contribution >= 0.6 is 0 Å². The average molecular weight is 283 g/mol. The molecule has 21 heavy (non-hydrogen) atoms. The summed E-state index contributed by atoms with van der Waals surface area (Å²) in [7, 11) is 0. The Morgan fingerprint density at radius 2 is 2.00 bits per heavy atom. The second-order valence-corrected chi connectivity index (χ2v) is 5.39. The third kappa shape index (κ3) is 2.78. The van der Waals surface area contributed by atoms with Crippen molar-refractivity contribution < 1.29 is 4.92 Å². The number of nitro benzene ring substituents is 1. The van der Waals surface area contributed by atoms with E-state index < -0.39 is 0 Å².